The highest BCUT2D eigenvalue weighted by Gasteiger charge is 2.20. The molecular weight excluding hydrogens is 304 g/mol. The number of ether oxygens (including phenoxy) is 2. The highest BCUT2D eigenvalue weighted by molar-refractivity contribution is 5.42. The molecule has 6 heteroatoms. The molecule has 2 aliphatic rings. The van der Waals surface area contributed by atoms with Gasteiger partial charge in [0.15, 0.2) is 0 Å². The van der Waals surface area contributed by atoms with Crippen molar-refractivity contribution in [2.75, 3.05) is 37.7 Å². The third-order valence-corrected chi connectivity index (χ3v) is 4.13. The van der Waals surface area contributed by atoms with E-state index in [0.717, 1.165) is 50.1 Å². The molecule has 1 aromatic heterocycles. The minimum Gasteiger partial charge on any atom is -0.491 e. The van der Waals surface area contributed by atoms with Gasteiger partial charge in [-0.2, -0.15) is 0 Å². The van der Waals surface area contributed by atoms with E-state index in [-0.39, 0.29) is 12.1 Å². The topological polar surface area (TPSA) is 59.5 Å². The Bertz CT molecular complexity index is 621. The fraction of sp³-hybridized carbons (Fsp3) is 0.556. The molecule has 1 saturated heterocycles. The van der Waals surface area contributed by atoms with Crippen LogP contribution < -0.4 is 10.2 Å². The molecule has 24 heavy (non-hydrogen) atoms. The Morgan fingerprint density at radius 1 is 1.29 bits per heavy atom. The fourth-order valence-electron chi connectivity index (χ4n) is 2.98. The number of rotatable bonds is 4. The first-order valence-corrected chi connectivity index (χ1v) is 8.56. The summed E-state index contributed by atoms with van der Waals surface area (Å²) in [5, 5.41) is 3.52. The Hall–Kier alpha value is -1.92. The smallest absolute Gasteiger partial charge is 0.132 e. The zero-order chi connectivity index (χ0) is 16.9. The Morgan fingerprint density at radius 3 is 2.83 bits per heavy atom. The molecule has 1 N–H and O–H groups in total. The van der Waals surface area contributed by atoms with Crippen molar-refractivity contribution in [1.29, 1.82) is 0 Å². The summed E-state index contributed by atoms with van der Waals surface area (Å²) in [6.45, 7) is 10.2. The second kappa shape index (κ2) is 7.77. The van der Waals surface area contributed by atoms with Gasteiger partial charge < -0.3 is 19.7 Å². The van der Waals surface area contributed by atoms with E-state index in [4.69, 9.17) is 9.47 Å². The van der Waals surface area contributed by atoms with Crippen LogP contribution in [0.15, 0.2) is 35.9 Å². The zero-order valence-corrected chi connectivity index (χ0v) is 14.7. The fourth-order valence-corrected chi connectivity index (χ4v) is 2.98. The van der Waals surface area contributed by atoms with Gasteiger partial charge in [0.2, 0.25) is 0 Å². The van der Waals surface area contributed by atoms with Gasteiger partial charge in [-0.05, 0) is 38.5 Å². The number of nitrogens with zero attached hydrogens (tertiary/aromatic N) is 3. The Morgan fingerprint density at radius 2 is 2.08 bits per heavy atom. The lowest BCUT2D eigenvalue weighted by Gasteiger charge is -2.28. The zero-order valence-electron chi connectivity index (χ0n) is 14.7. The number of nitrogens with one attached hydrogen (secondary N) is 1. The monoisotopic (exact) mass is 330 g/mol. The van der Waals surface area contributed by atoms with Gasteiger partial charge in [0.05, 0.1) is 31.1 Å². The van der Waals surface area contributed by atoms with E-state index in [0.29, 0.717) is 0 Å². The first-order chi connectivity index (χ1) is 11.6. The number of allylic oxidation sites excluding steroid dienone is 1. The molecule has 0 saturated carbocycles. The summed E-state index contributed by atoms with van der Waals surface area (Å²) in [5.74, 6) is 1.88. The van der Waals surface area contributed by atoms with Crippen molar-refractivity contribution >= 4 is 5.82 Å². The molecule has 0 aromatic carbocycles. The normalized spacial score (nSPS) is 22.0. The van der Waals surface area contributed by atoms with Crippen molar-refractivity contribution in [3.63, 3.8) is 0 Å². The van der Waals surface area contributed by atoms with E-state index in [1.165, 1.54) is 5.57 Å². The summed E-state index contributed by atoms with van der Waals surface area (Å²) in [5.41, 5.74) is 2.17. The molecule has 0 spiro atoms. The van der Waals surface area contributed by atoms with Crippen LogP contribution in [0.5, 0.6) is 0 Å². The SMILES string of the molecule is CC1=CC(OC(C)C)=CCNC1c1cc(N2CCOCC2)ncn1. The van der Waals surface area contributed by atoms with Crippen LogP contribution in [0.1, 0.15) is 32.5 Å². The van der Waals surface area contributed by atoms with Crippen molar-refractivity contribution in [2.45, 2.75) is 32.9 Å². The van der Waals surface area contributed by atoms with E-state index in [1.54, 1.807) is 6.33 Å². The van der Waals surface area contributed by atoms with Gasteiger partial charge in [-0.15, -0.1) is 0 Å². The van der Waals surface area contributed by atoms with Crippen LogP contribution in [0.25, 0.3) is 0 Å². The maximum Gasteiger partial charge on any atom is 0.132 e. The molecule has 0 radical (unpaired) electrons. The van der Waals surface area contributed by atoms with Crippen molar-refractivity contribution in [1.82, 2.24) is 15.3 Å². The highest BCUT2D eigenvalue weighted by Crippen LogP contribution is 2.25. The molecule has 3 rings (SSSR count). The van der Waals surface area contributed by atoms with E-state index in [2.05, 4.69) is 45.3 Å². The average molecular weight is 330 g/mol. The van der Waals surface area contributed by atoms with Gasteiger partial charge in [-0.1, -0.05) is 0 Å². The van der Waals surface area contributed by atoms with Gasteiger partial charge in [-0.25, -0.2) is 9.97 Å². The molecular formula is C18H26N4O2. The summed E-state index contributed by atoms with van der Waals surface area (Å²) in [6, 6.07) is 2.14. The quantitative estimate of drug-likeness (QED) is 0.913. The molecule has 0 amide bonds. The second-order valence-electron chi connectivity index (χ2n) is 6.40. The molecule has 1 unspecified atom stereocenters. The first-order valence-electron chi connectivity index (χ1n) is 8.56. The minimum absolute atomic E-state index is 0.0669. The van der Waals surface area contributed by atoms with Crippen molar-refractivity contribution in [3.05, 3.63) is 41.6 Å². The van der Waals surface area contributed by atoms with Crippen LogP contribution in [0.4, 0.5) is 5.82 Å². The van der Waals surface area contributed by atoms with Gasteiger partial charge >= 0.3 is 0 Å². The Labute approximate surface area is 143 Å². The largest absolute Gasteiger partial charge is 0.491 e. The van der Waals surface area contributed by atoms with Gasteiger partial charge in [-0.3, -0.25) is 0 Å². The van der Waals surface area contributed by atoms with Gasteiger partial charge in [0, 0.05) is 25.7 Å². The maximum atomic E-state index is 5.83. The number of anilines is 1. The predicted octanol–water partition coefficient (Wildman–Crippen LogP) is 2.21. The molecule has 0 aliphatic carbocycles. The van der Waals surface area contributed by atoms with E-state index in [9.17, 15) is 0 Å². The van der Waals surface area contributed by atoms with Crippen LogP contribution in [-0.4, -0.2) is 48.9 Å². The Balaban J connectivity index is 1.78. The summed E-state index contributed by atoms with van der Waals surface area (Å²) < 4.78 is 11.3. The second-order valence-corrected chi connectivity index (χ2v) is 6.40. The van der Waals surface area contributed by atoms with Gasteiger partial charge in [0.25, 0.3) is 0 Å². The van der Waals surface area contributed by atoms with Gasteiger partial charge in [0.1, 0.15) is 17.9 Å². The summed E-state index contributed by atoms with van der Waals surface area (Å²) in [6.07, 6.45) is 6.00. The number of morpholine rings is 1. The lowest BCUT2D eigenvalue weighted by atomic mass is 10.0. The summed E-state index contributed by atoms with van der Waals surface area (Å²) in [7, 11) is 0. The number of aromatic nitrogens is 2. The van der Waals surface area contributed by atoms with E-state index in [1.807, 2.05) is 13.8 Å². The van der Waals surface area contributed by atoms with E-state index < -0.39 is 0 Å². The maximum absolute atomic E-state index is 5.83. The van der Waals surface area contributed by atoms with Crippen LogP contribution >= 0.6 is 0 Å². The average Bonchev–Trinajstić information content (AvgIpc) is 2.76. The molecule has 1 aromatic rings. The third kappa shape index (κ3) is 4.13. The predicted molar refractivity (Wildman–Crippen MR) is 93.9 cm³/mol. The van der Waals surface area contributed by atoms with Crippen LogP contribution in [0.3, 0.4) is 0 Å². The molecule has 2 aliphatic heterocycles. The summed E-state index contributed by atoms with van der Waals surface area (Å²) in [4.78, 5) is 11.2. The number of hydrogen-bond donors (Lipinski definition) is 1. The molecule has 1 atom stereocenters. The molecule has 6 nitrogen and oxygen atoms in total. The molecule has 1 fully saturated rings. The first kappa shape index (κ1) is 16.9. The molecule has 130 valence electrons. The van der Waals surface area contributed by atoms with Crippen molar-refractivity contribution in [2.24, 2.45) is 0 Å². The third-order valence-electron chi connectivity index (χ3n) is 4.13. The lowest BCUT2D eigenvalue weighted by molar-refractivity contribution is 0.122. The van der Waals surface area contributed by atoms with Crippen LogP contribution in [-0.2, 0) is 9.47 Å². The van der Waals surface area contributed by atoms with Crippen LogP contribution in [0.2, 0.25) is 0 Å². The van der Waals surface area contributed by atoms with Crippen molar-refractivity contribution < 1.29 is 9.47 Å². The standard InChI is InChI=1S/C18H26N4O2/c1-13(2)24-15-4-5-19-18(14(3)10-15)16-11-17(21-12-20-16)22-6-8-23-9-7-22/h4,10-13,18-19H,5-9H2,1-3H3. The van der Waals surface area contributed by atoms with Crippen LogP contribution in [0, 0.1) is 0 Å². The molecule has 0 bridgehead atoms. The molecule has 3 heterocycles. The Kier molecular flexibility index (Phi) is 5.48. The number of hydrogen-bond acceptors (Lipinski definition) is 6. The highest BCUT2D eigenvalue weighted by atomic mass is 16.5. The van der Waals surface area contributed by atoms with Crippen molar-refractivity contribution in [3.8, 4) is 0 Å². The van der Waals surface area contributed by atoms with E-state index >= 15 is 0 Å². The minimum atomic E-state index is 0.0669. The lowest BCUT2D eigenvalue weighted by Crippen LogP contribution is -2.37. The summed E-state index contributed by atoms with van der Waals surface area (Å²) >= 11 is 0.